The minimum absolute atomic E-state index is 0.193. The highest BCUT2D eigenvalue weighted by Crippen LogP contribution is 2.39. The maximum atomic E-state index is 13.0. The van der Waals surface area contributed by atoms with Crippen LogP contribution in [0.5, 0.6) is 0 Å². The van der Waals surface area contributed by atoms with Crippen molar-refractivity contribution in [2.45, 2.75) is 43.9 Å². The van der Waals surface area contributed by atoms with Crippen LogP contribution in [0.3, 0.4) is 0 Å². The maximum Gasteiger partial charge on any atom is 0.368 e. The Bertz CT molecular complexity index is 464. The van der Waals surface area contributed by atoms with E-state index >= 15 is 0 Å². The van der Waals surface area contributed by atoms with Gasteiger partial charge < -0.3 is 15.4 Å². The highest BCUT2D eigenvalue weighted by molar-refractivity contribution is 5.27. The molecule has 2 fully saturated rings. The molecule has 0 unspecified atom stereocenters. The number of anilines is 1. The molecule has 5 nitrogen and oxygen atoms in total. The number of aromatic nitrogens is 2. The summed E-state index contributed by atoms with van der Waals surface area (Å²) in [5.41, 5.74) is 1.17. The van der Waals surface area contributed by atoms with Crippen molar-refractivity contribution in [3.8, 4) is 0 Å². The summed E-state index contributed by atoms with van der Waals surface area (Å²) in [6.07, 6.45) is 2.43. The van der Waals surface area contributed by atoms with Crippen LogP contribution in [0.25, 0.3) is 0 Å². The first-order valence-corrected chi connectivity index (χ1v) is 6.88. The van der Waals surface area contributed by atoms with E-state index in [0.717, 1.165) is 0 Å². The van der Waals surface area contributed by atoms with Crippen LogP contribution in [0.15, 0.2) is 12.4 Å². The van der Waals surface area contributed by atoms with E-state index < -0.39 is 18.8 Å². The lowest BCUT2D eigenvalue weighted by atomic mass is 10.1. The molecule has 1 aromatic heterocycles. The molecule has 0 amide bonds. The summed E-state index contributed by atoms with van der Waals surface area (Å²) >= 11 is 0. The quantitative estimate of drug-likeness (QED) is 0.882. The predicted octanol–water partition coefficient (Wildman–Crippen LogP) is 1.74. The minimum atomic E-state index is -3.08. The monoisotopic (exact) mass is 284 g/mol. The summed E-state index contributed by atoms with van der Waals surface area (Å²) in [7, 11) is 0. The smallest absolute Gasteiger partial charge is 0.353 e. The first-order chi connectivity index (χ1) is 9.53. The van der Waals surface area contributed by atoms with E-state index in [1.807, 2.05) is 12.4 Å². The molecular weight excluding hydrogens is 266 g/mol. The van der Waals surface area contributed by atoms with Crippen molar-refractivity contribution in [2.75, 3.05) is 18.4 Å². The summed E-state index contributed by atoms with van der Waals surface area (Å²) in [4.78, 5) is 8.48. The van der Waals surface area contributed by atoms with Crippen LogP contribution in [0.1, 0.15) is 31.2 Å². The zero-order valence-corrected chi connectivity index (χ0v) is 11.3. The van der Waals surface area contributed by atoms with E-state index in [1.54, 1.807) is 6.92 Å². The predicted molar refractivity (Wildman–Crippen MR) is 69.8 cm³/mol. The fraction of sp³-hybridized carbons (Fsp3) is 0.692. The number of alkyl halides is 2. The van der Waals surface area contributed by atoms with Crippen LogP contribution in [0.4, 0.5) is 14.7 Å². The van der Waals surface area contributed by atoms with Gasteiger partial charge in [0.2, 0.25) is 5.95 Å². The van der Waals surface area contributed by atoms with Crippen LogP contribution >= 0.6 is 0 Å². The maximum absolute atomic E-state index is 13.0. The van der Waals surface area contributed by atoms with Crippen molar-refractivity contribution in [3.63, 3.8) is 0 Å². The van der Waals surface area contributed by atoms with E-state index in [0.29, 0.717) is 18.4 Å². The van der Waals surface area contributed by atoms with Crippen molar-refractivity contribution >= 4 is 5.95 Å². The van der Waals surface area contributed by atoms with E-state index in [4.69, 9.17) is 0 Å². The second kappa shape index (κ2) is 5.21. The average Bonchev–Trinajstić information content (AvgIpc) is 3.22. The number of morpholine rings is 1. The van der Waals surface area contributed by atoms with Gasteiger partial charge in [0.05, 0.1) is 18.7 Å². The first-order valence-electron chi connectivity index (χ1n) is 6.88. The molecule has 0 spiro atoms. The fourth-order valence-electron chi connectivity index (χ4n) is 2.31. The molecule has 1 aromatic rings. The average molecular weight is 284 g/mol. The second-order valence-corrected chi connectivity index (χ2v) is 5.44. The lowest BCUT2D eigenvalue weighted by Gasteiger charge is -2.35. The van der Waals surface area contributed by atoms with E-state index in [2.05, 4.69) is 25.3 Å². The Morgan fingerprint density at radius 1 is 1.40 bits per heavy atom. The third kappa shape index (κ3) is 3.21. The highest BCUT2D eigenvalue weighted by atomic mass is 19.3. The molecule has 3 rings (SSSR count). The number of rotatable bonds is 4. The van der Waals surface area contributed by atoms with Gasteiger partial charge in [0.25, 0.3) is 0 Å². The Balaban J connectivity index is 1.51. The van der Waals surface area contributed by atoms with E-state index in [-0.39, 0.29) is 6.04 Å². The SMILES string of the molecule is C[C@@H]1OC(F)(F)CN[C@@H]1CNc1ncc(C2CC2)cn1. The van der Waals surface area contributed by atoms with Gasteiger partial charge in [-0.3, -0.25) is 0 Å². The Labute approximate surface area is 116 Å². The van der Waals surface area contributed by atoms with E-state index in [9.17, 15) is 8.78 Å². The van der Waals surface area contributed by atoms with Crippen LogP contribution in [0.2, 0.25) is 0 Å². The number of hydrogen-bond donors (Lipinski definition) is 2. The largest absolute Gasteiger partial charge is 0.368 e. The Hall–Kier alpha value is -1.34. The van der Waals surface area contributed by atoms with Gasteiger partial charge in [-0.1, -0.05) is 0 Å². The molecule has 0 bridgehead atoms. The standard InChI is InChI=1S/C13H18F2N4O/c1-8-11(19-7-13(14,15)20-8)6-18-12-16-4-10(5-17-12)9-2-3-9/h4-5,8-9,11,19H,2-3,6-7H2,1H3,(H,16,17,18)/t8-,11+/m0/s1. The molecule has 2 N–H and O–H groups in total. The second-order valence-electron chi connectivity index (χ2n) is 5.44. The van der Waals surface area contributed by atoms with Gasteiger partial charge in [-0.05, 0) is 31.2 Å². The number of nitrogens with one attached hydrogen (secondary N) is 2. The summed E-state index contributed by atoms with van der Waals surface area (Å²) in [6.45, 7) is 1.61. The van der Waals surface area contributed by atoms with Gasteiger partial charge >= 0.3 is 6.11 Å². The molecule has 1 aliphatic heterocycles. The number of hydrogen-bond acceptors (Lipinski definition) is 5. The van der Waals surface area contributed by atoms with Crippen molar-refractivity contribution < 1.29 is 13.5 Å². The molecule has 20 heavy (non-hydrogen) atoms. The summed E-state index contributed by atoms with van der Waals surface area (Å²) in [5.74, 6) is 1.14. The van der Waals surface area contributed by atoms with Gasteiger partial charge in [0.15, 0.2) is 0 Å². The van der Waals surface area contributed by atoms with Crippen molar-refractivity contribution in [1.82, 2.24) is 15.3 Å². The molecule has 1 saturated heterocycles. The number of nitrogens with zero attached hydrogens (tertiary/aromatic N) is 2. The molecule has 1 aliphatic carbocycles. The third-order valence-corrected chi connectivity index (χ3v) is 3.70. The molecule has 1 saturated carbocycles. The zero-order valence-electron chi connectivity index (χ0n) is 11.3. The lowest BCUT2D eigenvalue weighted by Crippen LogP contribution is -2.57. The Kier molecular flexibility index (Phi) is 3.55. The summed E-state index contributed by atoms with van der Waals surface area (Å²) in [5, 5.41) is 5.82. The van der Waals surface area contributed by atoms with Gasteiger partial charge in [0.1, 0.15) is 0 Å². The number of ether oxygens (including phenoxy) is 1. The minimum Gasteiger partial charge on any atom is -0.353 e. The molecule has 2 atom stereocenters. The van der Waals surface area contributed by atoms with Crippen LogP contribution in [-0.4, -0.2) is 41.3 Å². The Morgan fingerprint density at radius 2 is 2.10 bits per heavy atom. The fourth-order valence-corrected chi connectivity index (χ4v) is 2.31. The van der Waals surface area contributed by atoms with Crippen LogP contribution in [0, 0.1) is 0 Å². The lowest BCUT2D eigenvalue weighted by molar-refractivity contribution is -0.278. The normalized spacial score (nSPS) is 29.1. The molecular formula is C13H18F2N4O. The summed E-state index contributed by atoms with van der Waals surface area (Å²) < 4.78 is 30.6. The van der Waals surface area contributed by atoms with Gasteiger partial charge in [-0.15, -0.1) is 0 Å². The van der Waals surface area contributed by atoms with Gasteiger partial charge in [-0.2, -0.15) is 8.78 Å². The van der Waals surface area contributed by atoms with E-state index in [1.165, 1.54) is 18.4 Å². The summed E-state index contributed by atoms with van der Waals surface area (Å²) in [6, 6.07) is -0.193. The molecule has 0 radical (unpaired) electrons. The van der Waals surface area contributed by atoms with Crippen LogP contribution < -0.4 is 10.6 Å². The van der Waals surface area contributed by atoms with Crippen LogP contribution in [-0.2, 0) is 4.74 Å². The molecule has 0 aromatic carbocycles. The van der Waals surface area contributed by atoms with Crippen molar-refractivity contribution in [2.24, 2.45) is 0 Å². The first kappa shape index (κ1) is 13.6. The highest BCUT2D eigenvalue weighted by Gasteiger charge is 2.40. The molecule has 2 aliphatic rings. The van der Waals surface area contributed by atoms with Crippen molar-refractivity contribution in [1.29, 1.82) is 0 Å². The number of halogens is 2. The van der Waals surface area contributed by atoms with Gasteiger partial charge in [0, 0.05) is 18.9 Å². The zero-order chi connectivity index (χ0) is 14.2. The molecule has 110 valence electrons. The Morgan fingerprint density at radius 3 is 2.70 bits per heavy atom. The topological polar surface area (TPSA) is 59.1 Å². The van der Waals surface area contributed by atoms with Crippen molar-refractivity contribution in [3.05, 3.63) is 18.0 Å². The van der Waals surface area contributed by atoms with Gasteiger partial charge in [-0.25, -0.2) is 9.97 Å². The third-order valence-electron chi connectivity index (χ3n) is 3.70. The molecule has 7 heteroatoms. The molecule has 2 heterocycles.